The van der Waals surface area contributed by atoms with Gasteiger partial charge in [0.05, 0.1) is 6.10 Å². The van der Waals surface area contributed by atoms with Gasteiger partial charge in [0, 0.05) is 6.42 Å². The molecule has 0 aliphatic heterocycles. The number of aliphatic hydroxyl groups is 3. The maximum absolute atomic E-state index is 10.8. The van der Waals surface area contributed by atoms with Crippen LogP contribution in [0.4, 0.5) is 0 Å². The second-order valence-electron chi connectivity index (χ2n) is 3.00. The molecule has 4 heteroatoms. The lowest BCUT2D eigenvalue weighted by Gasteiger charge is -2.26. The first-order valence-corrected chi connectivity index (χ1v) is 3.78. The summed E-state index contributed by atoms with van der Waals surface area (Å²) >= 11 is 0. The zero-order chi connectivity index (χ0) is 9.30. The fourth-order valence-electron chi connectivity index (χ4n) is 1.21. The van der Waals surface area contributed by atoms with Gasteiger partial charge in [-0.1, -0.05) is 0 Å². The van der Waals surface area contributed by atoms with Crippen LogP contribution in [0, 0.1) is 0 Å². The molecule has 1 rings (SSSR count). The molecule has 0 aromatic carbocycles. The number of ketones is 1. The first-order chi connectivity index (χ1) is 5.52. The Hall–Kier alpha value is -0.710. The van der Waals surface area contributed by atoms with Crippen LogP contribution < -0.4 is 0 Å². The van der Waals surface area contributed by atoms with Gasteiger partial charge in [0.1, 0.15) is 12.2 Å². The Morgan fingerprint density at radius 3 is 2.50 bits per heavy atom. The van der Waals surface area contributed by atoms with Crippen molar-refractivity contribution in [3.63, 3.8) is 0 Å². The highest BCUT2D eigenvalue weighted by Gasteiger charge is 2.30. The molecule has 4 nitrogen and oxygen atoms in total. The van der Waals surface area contributed by atoms with Crippen molar-refractivity contribution in [1.29, 1.82) is 0 Å². The van der Waals surface area contributed by atoms with Crippen LogP contribution in [-0.2, 0) is 4.79 Å². The van der Waals surface area contributed by atoms with Gasteiger partial charge in [-0.2, -0.15) is 0 Å². The van der Waals surface area contributed by atoms with E-state index in [0.29, 0.717) is 5.57 Å². The molecule has 1 aliphatic rings. The predicted octanol–water partition coefficient (Wildman–Crippen LogP) is -1.01. The summed E-state index contributed by atoms with van der Waals surface area (Å²) in [6.45, 7) is 1.36. The first kappa shape index (κ1) is 9.38. The number of hydrogen-bond donors (Lipinski definition) is 3. The molecular formula is C8H12O4. The lowest BCUT2D eigenvalue weighted by atomic mass is 9.90. The standard InChI is InChI=1S/C8H12O4/c1-4(9)5-2-6(10)8(12)7(11)3-5/h2,6-8,10-12H,3H2,1H3/t6-,7-,8-/m1/s1. The van der Waals surface area contributed by atoms with E-state index in [4.69, 9.17) is 15.3 Å². The van der Waals surface area contributed by atoms with Crippen LogP contribution in [0.15, 0.2) is 11.6 Å². The largest absolute Gasteiger partial charge is 0.390 e. The molecule has 3 N–H and O–H groups in total. The summed E-state index contributed by atoms with van der Waals surface area (Å²) in [5.74, 6) is -0.181. The normalized spacial score (nSPS) is 36.0. The van der Waals surface area contributed by atoms with Gasteiger partial charge in [0.15, 0.2) is 5.78 Å². The highest BCUT2D eigenvalue weighted by molar-refractivity contribution is 5.93. The number of rotatable bonds is 1. The minimum absolute atomic E-state index is 0.119. The van der Waals surface area contributed by atoms with Gasteiger partial charge in [-0.3, -0.25) is 4.79 Å². The van der Waals surface area contributed by atoms with Crippen LogP contribution in [0.3, 0.4) is 0 Å². The van der Waals surface area contributed by atoms with E-state index >= 15 is 0 Å². The molecule has 0 heterocycles. The summed E-state index contributed by atoms with van der Waals surface area (Å²) in [7, 11) is 0. The van der Waals surface area contributed by atoms with Gasteiger partial charge in [0.2, 0.25) is 0 Å². The van der Waals surface area contributed by atoms with E-state index in [-0.39, 0.29) is 12.2 Å². The summed E-state index contributed by atoms with van der Waals surface area (Å²) in [4.78, 5) is 10.8. The molecule has 0 saturated carbocycles. The average molecular weight is 172 g/mol. The molecule has 1 aliphatic carbocycles. The van der Waals surface area contributed by atoms with E-state index < -0.39 is 18.3 Å². The molecule has 12 heavy (non-hydrogen) atoms. The van der Waals surface area contributed by atoms with Gasteiger partial charge in [-0.25, -0.2) is 0 Å². The molecule has 0 spiro atoms. The highest BCUT2D eigenvalue weighted by Crippen LogP contribution is 2.19. The van der Waals surface area contributed by atoms with E-state index in [1.165, 1.54) is 13.0 Å². The molecule has 0 saturated heterocycles. The second kappa shape index (κ2) is 3.35. The summed E-state index contributed by atoms with van der Waals surface area (Å²) in [5.41, 5.74) is 0.375. The SMILES string of the molecule is CC(=O)C1=C[C@@H](O)[C@@H](O)[C@H](O)C1. The predicted molar refractivity (Wildman–Crippen MR) is 41.4 cm³/mol. The third kappa shape index (κ3) is 1.72. The zero-order valence-electron chi connectivity index (χ0n) is 6.77. The number of aliphatic hydroxyl groups excluding tert-OH is 3. The van der Waals surface area contributed by atoms with Crippen molar-refractivity contribution in [2.45, 2.75) is 31.7 Å². The molecule has 0 aromatic heterocycles. The van der Waals surface area contributed by atoms with Crippen LogP contribution in [0.2, 0.25) is 0 Å². The van der Waals surface area contributed by atoms with Crippen molar-refractivity contribution in [3.8, 4) is 0 Å². The van der Waals surface area contributed by atoms with Crippen molar-refractivity contribution in [2.75, 3.05) is 0 Å². The van der Waals surface area contributed by atoms with Crippen molar-refractivity contribution in [2.24, 2.45) is 0 Å². The number of Topliss-reactive ketones (excluding diaryl/α,β-unsaturated/α-hetero) is 1. The van der Waals surface area contributed by atoms with Crippen molar-refractivity contribution >= 4 is 5.78 Å². The number of carbonyl (C=O) groups excluding carboxylic acids is 1. The van der Waals surface area contributed by atoms with Crippen LogP contribution in [0.5, 0.6) is 0 Å². The molecule has 0 radical (unpaired) electrons. The molecule has 0 aromatic rings. The Bertz CT molecular complexity index is 221. The van der Waals surface area contributed by atoms with E-state index in [1.54, 1.807) is 0 Å². The Kier molecular flexibility index (Phi) is 2.62. The van der Waals surface area contributed by atoms with Gasteiger partial charge in [0.25, 0.3) is 0 Å². The topological polar surface area (TPSA) is 77.8 Å². The highest BCUT2D eigenvalue weighted by atomic mass is 16.4. The Morgan fingerprint density at radius 1 is 1.50 bits per heavy atom. The Morgan fingerprint density at radius 2 is 2.08 bits per heavy atom. The monoisotopic (exact) mass is 172 g/mol. The summed E-state index contributed by atoms with van der Waals surface area (Å²) in [6.07, 6.45) is -1.93. The number of carbonyl (C=O) groups is 1. The lowest BCUT2D eigenvalue weighted by Crippen LogP contribution is -2.40. The fourth-order valence-corrected chi connectivity index (χ4v) is 1.21. The Labute approximate surface area is 70.1 Å². The molecule has 0 unspecified atom stereocenters. The second-order valence-corrected chi connectivity index (χ2v) is 3.00. The van der Waals surface area contributed by atoms with E-state index in [0.717, 1.165) is 0 Å². The summed E-state index contributed by atoms with van der Waals surface area (Å²) < 4.78 is 0. The molecule has 68 valence electrons. The lowest BCUT2D eigenvalue weighted by molar-refractivity contribution is -0.115. The molecule has 3 atom stereocenters. The van der Waals surface area contributed by atoms with Gasteiger partial charge < -0.3 is 15.3 Å². The molecule has 0 amide bonds. The Balaban J connectivity index is 2.81. The third-order valence-electron chi connectivity index (χ3n) is 2.00. The van der Waals surface area contributed by atoms with E-state index in [1.807, 2.05) is 0 Å². The maximum atomic E-state index is 10.8. The smallest absolute Gasteiger partial charge is 0.155 e. The van der Waals surface area contributed by atoms with Crippen molar-refractivity contribution in [1.82, 2.24) is 0 Å². The van der Waals surface area contributed by atoms with Gasteiger partial charge in [-0.15, -0.1) is 0 Å². The minimum Gasteiger partial charge on any atom is -0.390 e. The molecule has 0 fully saturated rings. The number of hydrogen-bond acceptors (Lipinski definition) is 4. The van der Waals surface area contributed by atoms with Gasteiger partial charge >= 0.3 is 0 Å². The van der Waals surface area contributed by atoms with Crippen LogP contribution in [-0.4, -0.2) is 39.4 Å². The molecule has 0 bridgehead atoms. The summed E-state index contributed by atoms with van der Waals surface area (Å²) in [6, 6.07) is 0. The van der Waals surface area contributed by atoms with E-state index in [9.17, 15) is 4.79 Å². The average Bonchev–Trinajstić information content (AvgIpc) is 1.99. The van der Waals surface area contributed by atoms with Crippen molar-refractivity contribution < 1.29 is 20.1 Å². The van der Waals surface area contributed by atoms with E-state index in [2.05, 4.69) is 0 Å². The van der Waals surface area contributed by atoms with Crippen LogP contribution in [0.25, 0.3) is 0 Å². The van der Waals surface area contributed by atoms with Crippen molar-refractivity contribution in [3.05, 3.63) is 11.6 Å². The third-order valence-corrected chi connectivity index (χ3v) is 2.00. The quantitative estimate of drug-likeness (QED) is 0.473. The summed E-state index contributed by atoms with van der Waals surface area (Å²) in [5, 5.41) is 27.4. The van der Waals surface area contributed by atoms with Crippen LogP contribution >= 0.6 is 0 Å². The molecular weight excluding hydrogens is 160 g/mol. The van der Waals surface area contributed by atoms with Gasteiger partial charge in [-0.05, 0) is 18.6 Å². The maximum Gasteiger partial charge on any atom is 0.155 e. The minimum atomic E-state index is -1.17. The first-order valence-electron chi connectivity index (χ1n) is 3.78. The fraction of sp³-hybridized carbons (Fsp3) is 0.625. The zero-order valence-corrected chi connectivity index (χ0v) is 6.77. The van der Waals surface area contributed by atoms with Crippen LogP contribution in [0.1, 0.15) is 13.3 Å².